The minimum Gasteiger partial charge on any atom is -0.468 e. The first-order chi connectivity index (χ1) is 15.0. The summed E-state index contributed by atoms with van der Waals surface area (Å²) in [5, 5.41) is 7.31. The van der Waals surface area contributed by atoms with Crippen LogP contribution in [-0.4, -0.2) is 25.7 Å². The van der Waals surface area contributed by atoms with E-state index in [1.165, 1.54) is 7.11 Å². The van der Waals surface area contributed by atoms with Crippen molar-refractivity contribution < 1.29 is 23.8 Å². The first-order valence-corrected chi connectivity index (χ1v) is 10.4. The Hall–Kier alpha value is -3.19. The van der Waals surface area contributed by atoms with Crippen molar-refractivity contribution >= 4 is 34.7 Å². The fourth-order valence-corrected chi connectivity index (χ4v) is 4.78. The summed E-state index contributed by atoms with van der Waals surface area (Å²) in [5.74, 6) is -0.747. The van der Waals surface area contributed by atoms with E-state index in [1.54, 1.807) is 12.1 Å². The van der Waals surface area contributed by atoms with E-state index in [0.717, 1.165) is 17.1 Å². The van der Waals surface area contributed by atoms with Crippen LogP contribution in [0.25, 0.3) is 0 Å². The standard InChI is InChI=1S/C23H21ClN2O5/c1-11-7-16-20(22(27)19(11)23(28)29-2)21(26-15-6-4-3-5-14(15)25-16)12-8-17-18(9-13(12)24)31-10-30-17/h3-6,8-9,11,19,21,25-26H,7,10H2,1-2H3/t11-,19+,21-/m1/s1. The molecule has 0 spiro atoms. The summed E-state index contributed by atoms with van der Waals surface area (Å²) < 4.78 is 15.9. The number of anilines is 2. The van der Waals surface area contributed by atoms with Crippen molar-refractivity contribution in [3.63, 3.8) is 0 Å². The number of benzene rings is 2. The van der Waals surface area contributed by atoms with E-state index in [4.69, 9.17) is 25.8 Å². The third-order valence-corrected chi connectivity index (χ3v) is 6.35. The quantitative estimate of drug-likeness (QED) is 0.532. The SMILES string of the molecule is COC(=O)[C@@H]1C(=O)C2=C(C[C@H]1C)Nc1ccccc1N[C@@H]2c1cc2c(cc1Cl)OCO2. The molecule has 2 aromatic carbocycles. The Labute approximate surface area is 184 Å². The van der Waals surface area contributed by atoms with Crippen molar-refractivity contribution in [2.45, 2.75) is 19.4 Å². The van der Waals surface area contributed by atoms with Crippen LogP contribution in [0.2, 0.25) is 5.02 Å². The number of halogens is 1. The number of esters is 1. The van der Waals surface area contributed by atoms with Crippen molar-refractivity contribution in [3.05, 3.63) is 58.3 Å². The zero-order valence-electron chi connectivity index (χ0n) is 17.0. The number of carbonyl (C=O) groups excluding carboxylic acids is 2. The van der Waals surface area contributed by atoms with Crippen LogP contribution in [0.5, 0.6) is 11.5 Å². The van der Waals surface area contributed by atoms with Crippen molar-refractivity contribution in [2.24, 2.45) is 11.8 Å². The number of carbonyl (C=O) groups is 2. The minimum atomic E-state index is -0.871. The van der Waals surface area contributed by atoms with Gasteiger partial charge in [0.1, 0.15) is 5.92 Å². The smallest absolute Gasteiger partial charge is 0.316 e. The van der Waals surface area contributed by atoms with E-state index >= 15 is 0 Å². The Bertz CT molecular complexity index is 1130. The van der Waals surface area contributed by atoms with Gasteiger partial charge in [-0.1, -0.05) is 30.7 Å². The maximum atomic E-state index is 13.7. The number of fused-ring (bicyclic) bond motifs is 2. The lowest BCUT2D eigenvalue weighted by Crippen LogP contribution is -2.39. The van der Waals surface area contributed by atoms with Crippen LogP contribution in [0.3, 0.4) is 0 Å². The van der Waals surface area contributed by atoms with E-state index in [1.807, 2.05) is 31.2 Å². The normalized spacial score (nSPS) is 23.8. The number of ketones is 1. The number of hydrogen-bond donors (Lipinski definition) is 2. The highest BCUT2D eigenvalue weighted by molar-refractivity contribution is 6.32. The van der Waals surface area contributed by atoms with Crippen molar-refractivity contribution in [1.82, 2.24) is 0 Å². The highest BCUT2D eigenvalue weighted by atomic mass is 35.5. The summed E-state index contributed by atoms with van der Waals surface area (Å²) in [7, 11) is 1.30. The first kappa shape index (κ1) is 19.8. The van der Waals surface area contributed by atoms with Gasteiger partial charge in [0.25, 0.3) is 0 Å². The molecular weight excluding hydrogens is 420 g/mol. The lowest BCUT2D eigenvalue weighted by Gasteiger charge is -2.32. The molecule has 2 N–H and O–H groups in total. The molecule has 5 rings (SSSR count). The van der Waals surface area contributed by atoms with Crippen LogP contribution in [0.4, 0.5) is 11.4 Å². The van der Waals surface area contributed by atoms with Gasteiger partial charge in [0, 0.05) is 22.9 Å². The van der Waals surface area contributed by atoms with E-state index in [-0.39, 0.29) is 18.5 Å². The second kappa shape index (κ2) is 7.50. The highest BCUT2D eigenvalue weighted by Crippen LogP contribution is 2.47. The van der Waals surface area contributed by atoms with E-state index in [2.05, 4.69) is 10.6 Å². The van der Waals surface area contributed by atoms with Crippen molar-refractivity contribution in [1.29, 1.82) is 0 Å². The van der Waals surface area contributed by atoms with Crippen LogP contribution in [0.15, 0.2) is 47.7 Å². The van der Waals surface area contributed by atoms with Gasteiger partial charge < -0.3 is 24.8 Å². The topological polar surface area (TPSA) is 85.9 Å². The molecule has 2 aliphatic heterocycles. The minimum absolute atomic E-state index is 0.117. The zero-order valence-corrected chi connectivity index (χ0v) is 17.8. The lowest BCUT2D eigenvalue weighted by molar-refractivity contribution is -0.151. The van der Waals surface area contributed by atoms with E-state index in [9.17, 15) is 9.59 Å². The van der Waals surface area contributed by atoms with Crippen LogP contribution in [0, 0.1) is 11.8 Å². The Morgan fingerprint density at radius 2 is 1.87 bits per heavy atom. The van der Waals surface area contributed by atoms with Crippen molar-refractivity contribution in [2.75, 3.05) is 24.5 Å². The Morgan fingerprint density at radius 3 is 2.61 bits per heavy atom. The average molecular weight is 441 g/mol. The number of nitrogens with one attached hydrogen (secondary N) is 2. The molecular formula is C23H21ClN2O5. The molecule has 0 unspecified atom stereocenters. The van der Waals surface area contributed by atoms with Crippen LogP contribution in [0.1, 0.15) is 24.9 Å². The van der Waals surface area contributed by atoms with Crippen molar-refractivity contribution in [3.8, 4) is 11.5 Å². The predicted octanol–water partition coefficient (Wildman–Crippen LogP) is 4.30. The maximum Gasteiger partial charge on any atom is 0.316 e. The molecule has 3 atom stereocenters. The maximum absolute atomic E-state index is 13.7. The van der Waals surface area contributed by atoms with Gasteiger partial charge >= 0.3 is 5.97 Å². The summed E-state index contributed by atoms with van der Waals surface area (Å²) in [4.78, 5) is 26.1. The van der Waals surface area contributed by atoms with Gasteiger partial charge in [-0.2, -0.15) is 0 Å². The number of hydrogen-bond acceptors (Lipinski definition) is 7. The largest absolute Gasteiger partial charge is 0.468 e. The summed E-state index contributed by atoms with van der Waals surface area (Å²) >= 11 is 6.63. The lowest BCUT2D eigenvalue weighted by atomic mass is 9.75. The number of ether oxygens (including phenoxy) is 3. The van der Waals surface area contributed by atoms with Crippen LogP contribution >= 0.6 is 11.6 Å². The van der Waals surface area contributed by atoms with Gasteiger partial charge in [0.15, 0.2) is 17.3 Å². The third-order valence-electron chi connectivity index (χ3n) is 6.03. The summed E-state index contributed by atoms with van der Waals surface area (Å²) in [6, 6.07) is 10.6. The van der Waals surface area contributed by atoms with Crippen LogP contribution in [-0.2, 0) is 14.3 Å². The average Bonchev–Trinajstić information content (AvgIpc) is 3.13. The summed E-state index contributed by atoms with van der Waals surface area (Å²) in [5.41, 5.74) is 3.60. The second-order valence-electron chi connectivity index (χ2n) is 7.91. The molecule has 7 nitrogen and oxygen atoms in total. The fraction of sp³-hybridized carbons (Fsp3) is 0.304. The Balaban J connectivity index is 1.69. The molecule has 2 aromatic rings. The molecule has 3 aliphatic rings. The second-order valence-corrected chi connectivity index (χ2v) is 8.32. The molecule has 160 valence electrons. The number of rotatable bonds is 2. The first-order valence-electron chi connectivity index (χ1n) is 10.0. The van der Waals surface area contributed by atoms with Gasteiger partial charge in [-0.3, -0.25) is 9.59 Å². The molecule has 0 radical (unpaired) electrons. The van der Waals surface area contributed by atoms with Crippen LogP contribution < -0.4 is 20.1 Å². The zero-order chi connectivity index (χ0) is 21.7. The number of methoxy groups -OCH3 is 1. The molecule has 2 heterocycles. The number of Topliss-reactive ketones (excluding diaryl/α,β-unsaturated/α-hetero) is 1. The summed E-state index contributed by atoms with van der Waals surface area (Å²) in [6.45, 7) is 2.00. The molecule has 0 bridgehead atoms. The van der Waals surface area contributed by atoms with E-state index < -0.39 is 17.9 Å². The molecule has 0 amide bonds. The Morgan fingerprint density at radius 1 is 1.16 bits per heavy atom. The molecule has 0 saturated carbocycles. The number of allylic oxidation sites excluding steroid dienone is 1. The van der Waals surface area contributed by atoms with Gasteiger partial charge in [-0.15, -0.1) is 0 Å². The number of para-hydroxylation sites is 2. The molecule has 0 fully saturated rings. The monoisotopic (exact) mass is 440 g/mol. The predicted molar refractivity (Wildman–Crippen MR) is 115 cm³/mol. The Kier molecular flexibility index (Phi) is 4.78. The van der Waals surface area contributed by atoms with Gasteiger partial charge in [0.2, 0.25) is 6.79 Å². The molecule has 0 saturated heterocycles. The molecule has 0 aromatic heterocycles. The third kappa shape index (κ3) is 3.20. The molecule has 31 heavy (non-hydrogen) atoms. The van der Waals surface area contributed by atoms with E-state index in [0.29, 0.717) is 34.1 Å². The molecule has 1 aliphatic carbocycles. The summed E-state index contributed by atoms with van der Waals surface area (Å²) in [6.07, 6.45) is 0.523. The van der Waals surface area contributed by atoms with Gasteiger partial charge in [-0.05, 0) is 30.5 Å². The fourth-order valence-electron chi connectivity index (χ4n) is 4.52. The molecule has 8 heteroatoms. The highest BCUT2D eigenvalue weighted by Gasteiger charge is 2.44. The van der Waals surface area contributed by atoms with Gasteiger partial charge in [-0.25, -0.2) is 0 Å². The van der Waals surface area contributed by atoms with Gasteiger partial charge in [0.05, 0.1) is 29.5 Å².